The quantitative estimate of drug-likeness (QED) is 0.146. The van der Waals surface area contributed by atoms with E-state index in [-0.39, 0.29) is 11.8 Å². The maximum absolute atomic E-state index is 15.4. The first-order chi connectivity index (χ1) is 40.2. The summed E-state index contributed by atoms with van der Waals surface area (Å²) in [7, 11) is 0. The van der Waals surface area contributed by atoms with Crippen molar-refractivity contribution in [3.05, 3.63) is 260 Å². The summed E-state index contributed by atoms with van der Waals surface area (Å²) in [6, 6.07) is 77.5. The molecule has 0 aliphatic carbocycles. The minimum atomic E-state index is -5.15. The molecule has 4 aromatic heterocycles. The molecule has 0 saturated heterocycles. The van der Waals surface area contributed by atoms with E-state index >= 15 is 26.3 Å². The molecule has 0 spiro atoms. The van der Waals surface area contributed by atoms with Gasteiger partial charge in [0.05, 0.1) is 89.4 Å². The van der Waals surface area contributed by atoms with Gasteiger partial charge in [-0.25, -0.2) is 0 Å². The topological polar surface area (TPSA) is 23.0 Å². The molecule has 0 saturated carbocycles. The molecule has 14 heteroatoms. The number of hydrogen-bond acceptors (Lipinski definition) is 1. The number of rotatable bonds is 7. The third-order valence-electron chi connectivity index (χ3n) is 15.5. The van der Waals surface area contributed by atoms with Gasteiger partial charge in [-0.1, -0.05) is 146 Å². The Bertz CT molecular complexity index is 4250. The SMILES string of the molecule is FC(F)(F)c1cc(N(c2cc(-n3c4ccccc4c4ccccc43)cc(-n3c4ccccc4c4ccccc43)c2)c2cc(-n3c4ccccc4c4ccccc43)cc(-n3c4ccccc4c4ccccc43)c2)cc(C(F)(F)F)c1.FC(F)F. The van der Waals surface area contributed by atoms with Gasteiger partial charge in [-0.2, -0.15) is 39.5 Å². The van der Waals surface area contributed by atoms with Crippen molar-refractivity contribution in [1.82, 2.24) is 18.3 Å². The molecule has 0 N–H and O–H groups in total. The summed E-state index contributed by atoms with van der Waals surface area (Å²) in [5.74, 6) is 0. The second-order valence-corrected chi connectivity index (χ2v) is 20.2. The van der Waals surface area contributed by atoms with Gasteiger partial charge in [0.2, 0.25) is 0 Å². The Balaban J connectivity index is 0.00000149. The van der Waals surface area contributed by atoms with E-state index < -0.39 is 30.2 Å². The van der Waals surface area contributed by atoms with Gasteiger partial charge in [-0.3, -0.25) is 0 Å². The van der Waals surface area contributed by atoms with Gasteiger partial charge in [0, 0.05) is 48.8 Å². The number of anilines is 3. The van der Waals surface area contributed by atoms with Crippen molar-refractivity contribution >= 4 is 104 Å². The number of aromatic nitrogens is 4. The largest absolute Gasteiger partial charge is 0.416 e. The van der Waals surface area contributed by atoms with Crippen LogP contribution < -0.4 is 4.90 Å². The van der Waals surface area contributed by atoms with Crippen LogP contribution in [0.2, 0.25) is 0 Å². The van der Waals surface area contributed by atoms with E-state index in [2.05, 4.69) is 66.8 Å². The molecular weight excluding hydrogens is 1070 g/mol. The van der Waals surface area contributed by atoms with E-state index in [0.29, 0.717) is 34.1 Å². The molecule has 11 aromatic carbocycles. The third-order valence-corrected chi connectivity index (χ3v) is 15.5. The van der Waals surface area contributed by atoms with Gasteiger partial charge in [0.15, 0.2) is 0 Å². The van der Waals surface area contributed by atoms with Gasteiger partial charge in [-0.05, 0) is 103 Å². The number of halogens is 9. The third kappa shape index (κ3) is 8.59. The van der Waals surface area contributed by atoms with E-state index in [0.717, 1.165) is 99.4 Å². The highest BCUT2D eigenvalue weighted by Gasteiger charge is 2.38. The predicted octanol–water partition coefficient (Wildman–Crippen LogP) is 20.8. The summed E-state index contributed by atoms with van der Waals surface area (Å²) in [6.07, 6.45) is -10.3. The maximum Gasteiger partial charge on any atom is 0.416 e. The average Bonchev–Trinajstić information content (AvgIpc) is 3.98. The van der Waals surface area contributed by atoms with Crippen LogP contribution in [-0.2, 0) is 12.4 Å². The maximum atomic E-state index is 15.4. The molecule has 0 fully saturated rings. The number of nitrogens with zero attached hydrogens (tertiary/aromatic N) is 5. The van der Waals surface area contributed by atoms with Crippen LogP contribution in [0.4, 0.5) is 56.6 Å². The molecule has 0 bridgehead atoms. The van der Waals surface area contributed by atoms with Crippen LogP contribution in [0.25, 0.3) is 110 Å². The molecule has 0 atom stereocenters. The predicted molar refractivity (Wildman–Crippen MR) is 316 cm³/mol. The molecule has 0 aliphatic heterocycles. The van der Waals surface area contributed by atoms with Crippen molar-refractivity contribution in [2.45, 2.75) is 19.0 Å². The molecule has 83 heavy (non-hydrogen) atoms. The number of alkyl halides is 9. The first-order valence-electron chi connectivity index (χ1n) is 26.5. The Kier molecular flexibility index (Phi) is 12.0. The van der Waals surface area contributed by atoms with Crippen molar-refractivity contribution in [1.29, 1.82) is 0 Å². The Morgan fingerprint density at radius 1 is 0.253 bits per heavy atom. The number of benzene rings is 11. The van der Waals surface area contributed by atoms with Crippen LogP contribution in [0, 0.1) is 0 Å². The summed E-state index contributed by atoms with van der Waals surface area (Å²) >= 11 is 0. The zero-order valence-electron chi connectivity index (χ0n) is 43.4. The van der Waals surface area contributed by atoms with E-state index in [1.54, 1.807) is 4.90 Å². The van der Waals surface area contributed by atoms with E-state index in [1.807, 2.05) is 182 Å². The lowest BCUT2D eigenvalue weighted by Gasteiger charge is -2.30. The minimum Gasteiger partial charge on any atom is -0.310 e. The highest BCUT2D eigenvalue weighted by atomic mass is 19.4. The summed E-state index contributed by atoms with van der Waals surface area (Å²) < 4.78 is 130. The Morgan fingerprint density at radius 2 is 0.434 bits per heavy atom. The fourth-order valence-corrected chi connectivity index (χ4v) is 12.3. The highest BCUT2D eigenvalue weighted by Crippen LogP contribution is 2.47. The molecule has 0 radical (unpaired) electrons. The standard InChI is InChI=1S/C68H41F6N5.CHF3/c69-67(70,71)42-33-43(68(72,73)74)35-44(34-42)75(45-36-47(76-59-25-9-1-17-51(59)52-18-2-10-26-60(52)76)40-48(37-45)77-61-27-11-3-19-53(61)54-20-4-12-28-62(54)77)46-38-49(78-63-29-13-5-21-55(63)56-22-6-14-30-64(56)78)41-50(39-46)79-65-31-15-7-23-57(65)58-24-8-16-32-66(58)79;2-1(3)4/h1-41H;1H. The van der Waals surface area contributed by atoms with Crippen LogP contribution >= 0.6 is 0 Å². The normalized spacial score (nSPS) is 12.3. The second-order valence-electron chi connectivity index (χ2n) is 20.2. The lowest BCUT2D eigenvalue weighted by Crippen LogP contribution is -2.17. The smallest absolute Gasteiger partial charge is 0.310 e. The molecule has 0 unspecified atom stereocenters. The fraction of sp³-hybridized carbons (Fsp3) is 0.0435. The lowest BCUT2D eigenvalue weighted by atomic mass is 10.0. The van der Waals surface area contributed by atoms with Crippen molar-refractivity contribution in [2.75, 3.05) is 4.90 Å². The molecule has 4 heterocycles. The van der Waals surface area contributed by atoms with Gasteiger partial charge in [0.25, 0.3) is 0 Å². The first-order valence-corrected chi connectivity index (χ1v) is 26.5. The van der Waals surface area contributed by atoms with Crippen molar-refractivity contribution < 1.29 is 39.5 Å². The van der Waals surface area contributed by atoms with E-state index in [1.165, 1.54) is 0 Å². The van der Waals surface area contributed by atoms with Crippen LogP contribution in [0.3, 0.4) is 0 Å². The molecule has 0 aliphatic rings. The van der Waals surface area contributed by atoms with Crippen molar-refractivity contribution in [3.63, 3.8) is 0 Å². The second kappa shape index (κ2) is 19.5. The number of para-hydroxylation sites is 8. The Morgan fingerprint density at radius 3 is 0.627 bits per heavy atom. The summed E-state index contributed by atoms with van der Waals surface area (Å²) in [4.78, 5) is 1.56. The Hall–Kier alpha value is -10.2. The van der Waals surface area contributed by atoms with Gasteiger partial charge >= 0.3 is 19.0 Å². The molecule has 5 nitrogen and oxygen atoms in total. The molecular formula is C69H42F9N5. The zero-order chi connectivity index (χ0) is 56.9. The monoisotopic (exact) mass is 1110 g/mol. The van der Waals surface area contributed by atoms with E-state index in [4.69, 9.17) is 0 Å². The zero-order valence-corrected chi connectivity index (χ0v) is 43.4. The van der Waals surface area contributed by atoms with Crippen molar-refractivity contribution in [2.24, 2.45) is 0 Å². The highest BCUT2D eigenvalue weighted by molar-refractivity contribution is 6.13. The lowest BCUT2D eigenvalue weighted by molar-refractivity contribution is -0.143. The van der Waals surface area contributed by atoms with Gasteiger partial charge in [0.1, 0.15) is 0 Å². The van der Waals surface area contributed by atoms with Crippen LogP contribution in [0.5, 0.6) is 0 Å². The van der Waals surface area contributed by atoms with Crippen LogP contribution in [-0.4, -0.2) is 24.9 Å². The summed E-state index contributed by atoms with van der Waals surface area (Å²) in [5.41, 5.74) is 6.78. The summed E-state index contributed by atoms with van der Waals surface area (Å²) in [6.45, 7) is -3.67. The summed E-state index contributed by atoms with van der Waals surface area (Å²) in [5, 5.41) is 7.79. The first kappa shape index (κ1) is 51.0. The molecule has 0 amide bonds. The average molecular weight is 1110 g/mol. The van der Waals surface area contributed by atoms with Gasteiger partial charge < -0.3 is 23.2 Å². The number of fused-ring (bicyclic) bond motifs is 12. The van der Waals surface area contributed by atoms with Crippen LogP contribution in [0.1, 0.15) is 11.1 Å². The molecule has 406 valence electrons. The number of hydrogen-bond donors (Lipinski definition) is 0. The van der Waals surface area contributed by atoms with Gasteiger partial charge in [-0.15, -0.1) is 0 Å². The van der Waals surface area contributed by atoms with Crippen LogP contribution in [0.15, 0.2) is 249 Å². The molecule has 15 rings (SSSR count). The Labute approximate surface area is 466 Å². The fourth-order valence-electron chi connectivity index (χ4n) is 12.3. The molecule has 15 aromatic rings. The van der Waals surface area contributed by atoms with E-state index in [9.17, 15) is 13.2 Å². The minimum absolute atomic E-state index is 0.192. The van der Waals surface area contributed by atoms with Crippen molar-refractivity contribution in [3.8, 4) is 22.7 Å².